The van der Waals surface area contributed by atoms with E-state index in [1.807, 2.05) is 95.3 Å². The topological polar surface area (TPSA) is 143 Å². The highest BCUT2D eigenvalue weighted by molar-refractivity contribution is 6.35. The van der Waals surface area contributed by atoms with E-state index in [2.05, 4.69) is 32.7 Å². The molecule has 0 aliphatic carbocycles. The van der Waals surface area contributed by atoms with E-state index in [0.717, 1.165) is 17.8 Å². The van der Waals surface area contributed by atoms with Crippen molar-refractivity contribution in [3.05, 3.63) is 78.8 Å². The van der Waals surface area contributed by atoms with Gasteiger partial charge in [-0.05, 0) is 24.3 Å². The molecule has 0 aliphatic heterocycles. The highest BCUT2D eigenvalue weighted by atomic mass is 16.4. The van der Waals surface area contributed by atoms with Crippen LogP contribution < -0.4 is 16.0 Å². The zero-order chi connectivity index (χ0) is 28.5. The van der Waals surface area contributed by atoms with Crippen LogP contribution in [0.1, 0.15) is 47.4 Å². The van der Waals surface area contributed by atoms with Crippen molar-refractivity contribution in [2.45, 2.75) is 48.0 Å². The standard InChI is InChI=1S/C12H14N2O2.C10H11N3O.2C2H6.CO2/c1-9(8-13-12(16)10(2)15)14-11-6-4-3-5-7-11;1-2-9-12-13-10(14-9)11-8-6-4-3-5-7-8;2*1-2;2-1-3/h3-7,14H,1,8H2,2H3,(H,13,16);3-7H,2H2,1H3,(H,11,13);2*1-2H3;. The van der Waals surface area contributed by atoms with Gasteiger partial charge in [0.2, 0.25) is 11.7 Å². The molecule has 0 unspecified atom stereocenters. The first kappa shape index (κ1) is 34.6. The van der Waals surface area contributed by atoms with Gasteiger partial charge in [-0.2, -0.15) is 9.59 Å². The maximum atomic E-state index is 11.0. The molecule has 3 aromatic rings. The fraction of sp³-hybridized carbons (Fsp3) is 0.296. The van der Waals surface area contributed by atoms with E-state index >= 15 is 0 Å². The predicted molar refractivity (Wildman–Crippen MR) is 144 cm³/mol. The Balaban J connectivity index is 0. The van der Waals surface area contributed by atoms with Crippen molar-refractivity contribution >= 4 is 35.2 Å². The molecule has 3 N–H and O–H groups in total. The van der Waals surface area contributed by atoms with Gasteiger partial charge < -0.3 is 20.4 Å². The van der Waals surface area contributed by atoms with Crippen LogP contribution >= 0.6 is 0 Å². The molecule has 0 radical (unpaired) electrons. The van der Waals surface area contributed by atoms with Gasteiger partial charge in [-0.3, -0.25) is 9.59 Å². The third kappa shape index (κ3) is 17.5. The zero-order valence-electron chi connectivity index (χ0n) is 22.3. The van der Waals surface area contributed by atoms with Crippen LogP contribution in [0.2, 0.25) is 0 Å². The van der Waals surface area contributed by atoms with E-state index in [1.54, 1.807) is 0 Å². The molecular weight excluding hydrogens is 474 g/mol. The van der Waals surface area contributed by atoms with Crippen LogP contribution in [0.3, 0.4) is 0 Å². The van der Waals surface area contributed by atoms with Gasteiger partial charge in [0.15, 0.2) is 0 Å². The number of aryl methyl sites for hydroxylation is 1. The highest BCUT2D eigenvalue weighted by Crippen LogP contribution is 2.14. The number of hydrogen-bond donors (Lipinski definition) is 3. The Bertz CT molecular complexity index is 1050. The van der Waals surface area contributed by atoms with E-state index in [1.165, 1.54) is 6.92 Å². The molecule has 1 aromatic heterocycles. The van der Waals surface area contributed by atoms with Crippen molar-refractivity contribution in [1.29, 1.82) is 0 Å². The first-order valence-electron chi connectivity index (χ1n) is 11.8. The van der Waals surface area contributed by atoms with Crippen molar-refractivity contribution < 1.29 is 23.6 Å². The van der Waals surface area contributed by atoms with Gasteiger partial charge in [0.25, 0.3) is 5.91 Å². The Morgan fingerprint density at radius 3 is 1.81 bits per heavy atom. The number of carbonyl (C=O) groups is 2. The molecular formula is C27H37N5O5. The molecule has 37 heavy (non-hydrogen) atoms. The quantitative estimate of drug-likeness (QED) is 0.349. The second-order valence-electron chi connectivity index (χ2n) is 6.26. The molecule has 0 spiro atoms. The minimum Gasteiger partial charge on any atom is -0.408 e. The van der Waals surface area contributed by atoms with Crippen LogP contribution in [0.15, 0.2) is 77.4 Å². The summed E-state index contributed by atoms with van der Waals surface area (Å²) in [6.45, 7) is 15.2. The molecule has 0 aliphatic rings. The fourth-order valence-corrected chi connectivity index (χ4v) is 2.17. The summed E-state index contributed by atoms with van der Waals surface area (Å²) in [5.74, 6) is -0.466. The van der Waals surface area contributed by atoms with E-state index in [9.17, 15) is 9.59 Å². The van der Waals surface area contributed by atoms with Crippen LogP contribution in [0.25, 0.3) is 0 Å². The molecule has 200 valence electrons. The van der Waals surface area contributed by atoms with Crippen molar-refractivity contribution in [3.63, 3.8) is 0 Å². The number of benzene rings is 2. The number of nitrogens with zero attached hydrogens (tertiary/aromatic N) is 2. The lowest BCUT2D eigenvalue weighted by atomic mass is 10.3. The number of rotatable bonds is 8. The predicted octanol–water partition coefficient (Wildman–Crippen LogP) is 5.16. The first-order chi connectivity index (χ1) is 17.9. The number of Topliss-reactive ketones (excluding diaryl/α,β-unsaturated/α-hetero) is 1. The van der Waals surface area contributed by atoms with Gasteiger partial charge in [-0.1, -0.05) is 82.7 Å². The molecule has 0 saturated heterocycles. The van der Waals surface area contributed by atoms with Crippen molar-refractivity contribution in [1.82, 2.24) is 15.5 Å². The van der Waals surface area contributed by atoms with Crippen LogP contribution in [-0.2, 0) is 25.6 Å². The van der Waals surface area contributed by atoms with Gasteiger partial charge in [-0.15, -0.1) is 5.10 Å². The largest absolute Gasteiger partial charge is 0.408 e. The molecule has 0 fully saturated rings. The Kier molecular flexibility index (Phi) is 21.7. The lowest BCUT2D eigenvalue weighted by Gasteiger charge is -2.09. The number of nitrogens with one attached hydrogen (secondary N) is 3. The molecule has 3 rings (SSSR count). The summed E-state index contributed by atoms with van der Waals surface area (Å²) in [4.78, 5) is 37.9. The lowest BCUT2D eigenvalue weighted by Crippen LogP contribution is -2.31. The molecule has 10 nitrogen and oxygen atoms in total. The number of amides is 1. The number of anilines is 3. The first-order valence-corrected chi connectivity index (χ1v) is 11.8. The number of carbonyl (C=O) groups excluding carboxylic acids is 4. The summed E-state index contributed by atoms with van der Waals surface area (Å²) >= 11 is 0. The summed E-state index contributed by atoms with van der Waals surface area (Å²) in [6.07, 6.45) is 1.00. The third-order valence-corrected chi connectivity index (χ3v) is 3.67. The third-order valence-electron chi connectivity index (χ3n) is 3.67. The number of ketones is 1. The SMILES string of the molecule is C=C(CNC(=O)C(C)=O)Nc1ccccc1.CC.CC.CCc1nnc(Nc2ccccc2)o1.O=C=O. The molecule has 0 saturated carbocycles. The van der Waals surface area contributed by atoms with Crippen molar-refractivity contribution in [2.75, 3.05) is 17.2 Å². The van der Waals surface area contributed by atoms with E-state index in [0.29, 0.717) is 17.6 Å². The molecule has 1 heterocycles. The smallest absolute Gasteiger partial charge is 0.373 e. The fourth-order valence-electron chi connectivity index (χ4n) is 2.17. The maximum Gasteiger partial charge on any atom is 0.373 e. The van der Waals surface area contributed by atoms with Gasteiger partial charge in [0.05, 0.1) is 6.54 Å². The summed E-state index contributed by atoms with van der Waals surface area (Å²) in [6, 6.07) is 19.6. The minimum atomic E-state index is -0.601. The number of para-hydroxylation sites is 2. The second kappa shape index (κ2) is 23.2. The Morgan fingerprint density at radius 1 is 0.892 bits per heavy atom. The second-order valence-corrected chi connectivity index (χ2v) is 6.26. The summed E-state index contributed by atoms with van der Waals surface area (Å²) in [5, 5.41) is 16.2. The van der Waals surface area contributed by atoms with Gasteiger partial charge in [-0.25, -0.2) is 0 Å². The normalized spacial score (nSPS) is 8.38. The minimum absolute atomic E-state index is 0.229. The van der Waals surface area contributed by atoms with Crippen LogP contribution in [0.5, 0.6) is 0 Å². The van der Waals surface area contributed by atoms with Gasteiger partial charge in [0, 0.05) is 30.4 Å². The Morgan fingerprint density at radius 2 is 1.38 bits per heavy atom. The number of hydrogen-bond acceptors (Lipinski definition) is 9. The van der Waals surface area contributed by atoms with Crippen molar-refractivity contribution in [2.24, 2.45) is 0 Å². The summed E-state index contributed by atoms with van der Waals surface area (Å²) in [7, 11) is 0. The Hall–Kier alpha value is -4.56. The van der Waals surface area contributed by atoms with E-state index in [-0.39, 0.29) is 12.7 Å². The van der Waals surface area contributed by atoms with Crippen molar-refractivity contribution in [3.8, 4) is 0 Å². The van der Waals surface area contributed by atoms with Crippen LogP contribution in [0, 0.1) is 0 Å². The average molecular weight is 512 g/mol. The van der Waals surface area contributed by atoms with Gasteiger partial charge >= 0.3 is 12.2 Å². The maximum absolute atomic E-state index is 11.0. The molecule has 2 aromatic carbocycles. The van der Waals surface area contributed by atoms with E-state index in [4.69, 9.17) is 14.0 Å². The lowest BCUT2D eigenvalue weighted by molar-refractivity contribution is -0.191. The molecule has 10 heteroatoms. The molecule has 0 bridgehead atoms. The van der Waals surface area contributed by atoms with Gasteiger partial charge in [0.1, 0.15) is 0 Å². The molecule has 1 amide bonds. The Labute approximate surface area is 218 Å². The monoisotopic (exact) mass is 511 g/mol. The number of aromatic nitrogens is 2. The zero-order valence-corrected chi connectivity index (χ0v) is 22.3. The summed E-state index contributed by atoms with van der Waals surface area (Å²) in [5.41, 5.74) is 2.46. The highest BCUT2D eigenvalue weighted by Gasteiger charge is 2.06. The average Bonchev–Trinajstić information content (AvgIpc) is 3.39. The molecule has 0 atom stereocenters. The van der Waals surface area contributed by atoms with Crippen LogP contribution in [-0.4, -0.2) is 34.6 Å². The van der Waals surface area contributed by atoms with E-state index < -0.39 is 11.7 Å². The van der Waals surface area contributed by atoms with Crippen LogP contribution in [0.4, 0.5) is 17.4 Å². The summed E-state index contributed by atoms with van der Waals surface area (Å²) < 4.78 is 5.30.